The van der Waals surface area contributed by atoms with Gasteiger partial charge in [0.2, 0.25) is 5.91 Å². The molecular weight excluding hydrogens is 464 g/mol. The Bertz CT molecular complexity index is 1020. The number of likely N-dealkylation sites (N-methyl/N-ethyl adjacent to an activating group) is 1. The average Bonchev–Trinajstić information content (AvgIpc) is 3.12. The van der Waals surface area contributed by atoms with Crippen molar-refractivity contribution in [2.75, 3.05) is 44.9 Å². The molecule has 2 aromatic carbocycles. The molecule has 0 atom stereocenters. The van der Waals surface area contributed by atoms with Gasteiger partial charge in [-0.15, -0.1) is 24.2 Å². The summed E-state index contributed by atoms with van der Waals surface area (Å²) in [6.45, 7) is 1.05. The van der Waals surface area contributed by atoms with Crippen LogP contribution in [-0.4, -0.2) is 55.8 Å². The zero-order valence-electron chi connectivity index (χ0n) is 17.4. The SMILES string of the molecule is COc1ccc(SCCC(=O)N(CCN(C)C)c2nc3c(F)cc(F)cc3s2)cc1.Cl. The quantitative estimate of drug-likeness (QED) is 0.394. The Balaban J connectivity index is 0.00000341. The molecule has 0 saturated carbocycles. The van der Waals surface area contributed by atoms with Crippen LogP contribution in [0.3, 0.4) is 0 Å². The normalized spacial score (nSPS) is 10.9. The van der Waals surface area contributed by atoms with E-state index in [9.17, 15) is 13.6 Å². The molecule has 0 spiro atoms. The summed E-state index contributed by atoms with van der Waals surface area (Å²) in [6, 6.07) is 9.70. The van der Waals surface area contributed by atoms with E-state index in [0.717, 1.165) is 28.0 Å². The van der Waals surface area contributed by atoms with Gasteiger partial charge >= 0.3 is 0 Å². The van der Waals surface area contributed by atoms with Gasteiger partial charge in [-0.2, -0.15) is 0 Å². The number of rotatable bonds is 9. The third kappa shape index (κ3) is 6.77. The number of hydrogen-bond donors (Lipinski definition) is 0. The highest BCUT2D eigenvalue weighted by molar-refractivity contribution is 7.99. The summed E-state index contributed by atoms with van der Waals surface area (Å²) in [6.07, 6.45) is 0.302. The number of ether oxygens (including phenoxy) is 1. The van der Waals surface area contributed by atoms with E-state index < -0.39 is 11.6 Å². The van der Waals surface area contributed by atoms with E-state index in [1.54, 1.807) is 23.8 Å². The number of nitrogens with zero attached hydrogens (tertiary/aromatic N) is 3. The Morgan fingerprint density at radius 1 is 1.16 bits per heavy atom. The van der Waals surface area contributed by atoms with Gasteiger partial charge in [0, 0.05) is 36.2 Å². The Hall–Kier alpha value is -1.94. The Morgan fingerprint density at radius 3 is 2.52 bits per heavy atom. The molecule has 10 heteroatoms. The van der Waals surface area contributed by atoms with Crippen LogP contribution in [0.2, 0.25) is 0 Å². The molecule has 3 aromatic rings. The fraction of sp³-hybridized carbons (Fsp3) is 0.333. The van der Waals surface area contributed by atoms with E-state index in [2.05, 4.69) is 4.98 Å². The fourth-order valence-corrected chi connectivity index (χ4v) is 4.64. The van der Waals surface area contributed by atoms with Crippen molar-refractivity contribution in [1.82, 2.24) is 9.88 Å². The lowest BCUT2D eigenvalue weighted by atomic mass is 10.3. The molecule has 31 heavy (non-hydrogen) atoms. The van der Waals surface area contributed by atoms with Crippen LogP contribution in [0.1, 0.15) is 6.42 Å². The van der Waals surface area contributed by atoms with Gasteiger partial charge in [0.05, 0.1) is 11.8 Å². The van der Waals surface area contributed by atoms with Gasteiger partial charge in [-0.3, -0.25) is 9.69 Å². The molecule has 0 saturated heterocycles. The van der Waals surface area contributed by atoms with Crippen molar-refractivity contribution in [3.8, 4) is 5.75 Å². The maximum atomic E-state index is 14.1. The number of fused-ring (bicyclic) bond motifs is 1. The smallest absolute Gasteiger partial charge is 0.229 e. The maximum absolute atomic E-state index is 14.1. The molecule has 0 aliphatic carbocycles. The first-order valence-electron chi connectivity index (χ1n) is 9.35. The van der Waals surface area contributed by atoms with Crippen molar-refractivity contribution in [2.45, 2.75) is 11.3 Å². The largest absolute Gasteiger partial charge is 0.497 e. The number of methoxy groups -OCH3 is 1. The summed E-state index contributed by atoms with van der Waals surface area (Å²) in [5, 5.41) is 0.385. The molecule has 0 fully saturated rings. The predicted octanol–water partition coefficient (Wildman–Crippen LogP) is 5.08. The van der Waals surface area contributed by atoms with Gasteiger partial charge < -0.3 is 9.64 Å². The average molecular weight is 488 g/mol. The minimum Gasteiger partial charge on any atom is -0.497 e. The lowest BCUT2D eigenvalue weighted by Crippen LogP contribution is -2.36. The van der Waals surface area contributed by atoms with Crippen LogP contribution >= 0.6 is 35.5 Å². The number of aromatic nitrogens is 1. The molecule has 0 unspecified atom stereocenters. The molecule has 1 amide bonds. The number of carbonyl (C=O) groups excluding carboxylic acids is 1. The standard InChI is InChI=1S/C21H23F2N3O2S2.ClH/c1-25(2)9-10-26(21-24-20-17(23)12-14(22)13-18(20)30-21)19(27)8-11-29-16-6-4-15(28-3)5-7-16;/h4-7,12-13H,8-11H2,1-3H3;1H. The number of halogens is 3. The molecule has 0 bridgehead atoms. The predicted molar refractivity (Wildman–Crippen MR) is 126 cm³/mol. The zero-order chi connectivity index (χ0) is 21.7. The van der Waals surface area contributed by atoms with Gasteiger partial charge in [0.15, 0.2) is 10.9 Å². The van der Waals surface area contributed by atoms with Gasteiger partial charge in [-0.1, -0.05) is 11.3 Å². The Labute approximate surface area is 194 Å². The van der Waals surface area contributed by atoms with Crippen LogP contribution in [-0.2, 0) is 4.79 Å². The Kier molecular flexibility index (Phi) is 9.49. The summed E-state index contributed by atoms with van der Waals surface area (Å²) < 4.78 is 33.1. The van der Waals surface area contributed by atoms with Crippen molar-refractivity contribution in [3.63, 3.8) is 0 Å². The lowest BCUT2D eigenvalue weighted by molar-refractivity contribution is -0.118. The van der Waals surface area contributed by atoms with Crippen molar-refractivity contribution in [1.29, 1.82) is 0 Å². The van der Waals surface area contributed by atoms with Crippen molar-refractivity contribution >= 4 is 56.8 Å². The van der Waals surface area contributed by atoms with Gasteiger partial charge in [-0.25, -0.2) is 13.8 Å². The van der Waals surface area contributed by atoms with Crippen molar-refractivity contribution in [3.05, 3.63) is 48.0 Å². The van der Waals surface area contributed by atoms with Crippen LogP contribution in [0.15, 0.2) is 41.3 Å². The maximum Gasteiger partial charge on any atom is 0.229 e. The number of thioether (sulfide) groups is 1. The second kappa shape index (κ2) is 11.6. The number of carbonyl (C=O) groups is 1. The van der Waals surface area contributed by atoms with Gasteiger partial charge in [0.1, 0.15) is 17.1 Å². The third-order valence-electron chi connectivity index (χ3n) is 4.35. The molecule has 5 nitrogen and oxygen atoms in total. The van der Waals surface area contributed by atoms with Crippen LogP contribution in [0.5, 0.6) is 5.75 Å². The molecular formula is C21H24ClF2N3O2S2. The molecule has 1 aromatic heterocycles. The van der Waals surface area contributed by atoms with E-state index in [-0.39, 0.29) is 23.8 Å². The third-order valence-corrected chi connectivity index (χ3v) is 6.39. The lowest BCUT2D eigenvalue weighted by Gasteiger charge is -2.22. The number of hydrogen-bond acceptors (Lipinski definition) is 6. The highest BCUT2D eigenvalue weighted by atomic mass is 35.5. The Morgan fingerprint density at radius 2 is 1.87 bits per heavy atom. The van der Waals surface area contributed by atoms with E-state index in [1.807, 2.05) is 43.3 Å². The van der Waals surface area contributed by atoms with Crippen LogP contribution in [0.4, 0.5) is 13.9 Å². The number of amides is 1. The second-order valence-corrected chi connectivity index (χ2v) is 9.03. The van der Waals surface area contributed by atoms with E-state index >= 15 is 0 Å². The minimum absolute atomic E-state index is 0. The number of thiazole rings is 1. The zero-order valence-corrected chi connectivity index (χ0v) is 19.9. The molecule has 0 aliphatic rings. The molecule has 1 heterocycles. The molecule has 168 valence electrons. The molecule has 0 N–H and O–H groups in total. The van der Waals surface area contributed by atoms with E-state index in [1.165, 1.54) is 6.07 Å². The van der Waals surface area contributed by atoms with Crippen LogP contribution in [0, 0.1) is 11.6 Å². The highest BCUT2D eigenvalue weighted by Crippen LogP contribution is 2.32. The van der Waals surface area contributed by atoms with Crippen molar-refractivity contribution < 1.29 is 18.3 Å². The van der Waals surface area contributed by atoms with Crippen LogP contribution < -0.4 is 9.64 Å². The summed E-state index contributed by atoms with van der Waals surface area (Å²) in [5.74, 6) is -0.0975. The topological polar surface area (TPSA) is 45.7 Å². The molecule has 3 rings (SSSR count). The first-order valence-corrected chi connectivity index (χ1v) is 11.1. The molecule has 0 aliphatic heterocycles. The fourth-order valence-electron chi connectivity index (χ4n) is 2.75. The van der Waals surface area contributed by atoms with Crippen molar-refractivity contribution in [2.24, 2.45) is 0 Å². The summed E-state index contributed by atoms with van der Waals surface area (Å²) in [7, 11) is 5.44. The number of anilines is 1. The van der Waals surface area contributed by atoms with Gasteiger partial charge in [0.25, 0.3) is 0 Å². The van der Waals surface area contributed by atoms with E-state index in [4.69, 9.17) is 4.74 Å². The van der Waals surface area contributed by atoms with E-state index in [0.29, 0.717) is 35.1 Å². The first-order chi connectivity index (χ1) is 14.4. The molecule has 0 radical (unpaired) electrons. The first kappa shape index (κ1) is 25.3. The highest BCUT2D eigenvalue weighted by Gasteiger charge is 2.21. The monoisotopic (exact) mass is 487 g/mol. The second-order valence-electron chi connectivity index (χ2n) is 6.85. The summed E-state index contributed by atoms with van der Waals surface area (Å²) in [5.41, 5.74) is 0.0895. The minimum atomic E-state index is -0.720. The van der Waals surface area contributed by atoms with Gasteiger partial charge in [-0.05, 0) is 44.4 Å². The summed E-state index contributed by atoms with van der Waals surface area (Å²) >= 11 is 2.70. The van der Waals surface area contributed by atoms with Crippen LogP contribution in [0.25, 0.3) is 10.2 Å². The number of benzene rings is 2. The summed E-state index contributed by atoms with van der Waals surface area (Å²) in [4.78, 5) is 21.8.